The topological polar surface area (TPSA) is 65.1 Å². The summed E-state index contributed by atoms with van der Waals surface area (Å²) in [5, 5.41) is 11.8. The summed E-state index contributed by atoms with van der Waals surface area (Å²) in [6, 6.07) is 0.0553. The Balaban J connectivity index is 2.54. The summed E-state index contributed by atoms with van der Waals surface area (Å²) in [5.74, 6) is -0.0151. The van der Waals surface area contributed by atoms with Crippen molar-refractivity contribution in [3.05, 3.63) is 14.5 Å². The second kappa shape index (κ2) is 6.88. The summed E-state index contributed by atoms with van der Waals surface area (Å²) < 4.78 is 0.702. The first-order valence-electron chi connectivity index (χ1n) is 5.65. The summed E-state index contributed by atoms with van der Waals surface area (Å²) >= 11 is 6.46. The molecule has 0 saturated heterocycles. The summed E-state index contributed by atoms with van der Waals surface area (Å²) in [7, 11) is 0. The van der Waals surface area contributed by atoms with Crippen LogP contribution in [0.4, 0.5) is 0 Å². The summed E-state index contributed by atoms with van der Waals surface area (Å²) in [4.78, 5) is 15.8. The zero-order valence-electron chi connectivity index (χ0n) is 10.1. The van der Waals surface area contributed by atoms with E-state index in [-0.39, 0.29) is 18.6 Å². The molecule has 0 aliphatic rings. The minimum atomic E-state index is -0.0151. The monoisotopic (exact) mass is 274 g/mol. The summed E-state index contributed by atoms with van der Waals surface area (Å²) in [6.07, 6.45) is 1.78. The van der Waals surface area contributed by atoms with E-state index in [4.69, 9.17) is 17.3 Å². The van der Waals surface area contributed by atoms with E-state index in [0.717, 1.165) is 17.0 Å². The third-order valence-corrected chi connectivity index (χ3v) is 3.92. The van der Waals surface area contributed by atoms with Crippen molar-refractivity contribution in [2.45, 2.75) is 39.2 Å². The van der Waals surface area contributed by atoms with Crippen LogP contribution in [0.5, 0.6) is 0 Å². The van der Waals surface area contributed by atoms with Gasteiger partial charge in [-0.1, -0.05) is 6.92 Å². The number of rotatable bonds is 6. The molecule has 0 fully saturated rings. The molecule has 1 rings (SSSR count). The van der Waals surface area contributed by atoms with Gasteiger partial charge in [0.15, 0.2) is 3.95 Å². The lowest BCUT2D eigenvalue weighted by molar-refractivity contribution is -0.121. The van der Waals surface area contributed by atoms with Gasteiger partial charge in [0, 0.05) is 23.2 Å². The lowest BCUT2D eigenvalue weighted by Crippen LogP contribution is -2.36. The van der Waals surface area contributed by atoms with Crippen LogP contribution in [0.1, 0.15) is 30.3 Å². The standard InChI is InChI=1S/C11H18N2O2S2/c1-3-8(4-5-14)13-10(15)6-9-7(2)12-11(16)17-9/h8,14H,3-6H2,1-2H3,(H,12,16)(H,13,15). The molecule has 1 heterocycles. The number of aliphatic hydroxyl groups excluding tert-OH is 1. The number of hydrogen-bond acceptors (Lipinski definition) is 4. The molecule has 0 spiro atoms. The molecule has 3 N–H and O–H groups in total. The van der Waals surface area contributed by atoms with Gasteiger partial charge in [0.2, 0.25) is 5.91 Å². The molecule has 1 aromatic heterocycles. The Hall–Kier alpha value is -0.720. The molecular formula is C11H18N2O2S2. The van der Waals surface area contributed by atoms with Gasteiger partial charge in [0.05, 0.1) is 6.42 Å². The van der Waals surface area contributed by atoms with E-state index in [1.165, 1.54) is 11.3 Å². The fraction of sp³-hybridized carbons (Fsp3) is 0.636. The van der Waals surface area contributed by atoms with Crippen LogP contribution in [0, 0.1) is 10.9 Å². The van der Waals surface area contributed by atoms with Gasteiger partial charge < -0.3 is 15.4 Å². The van der Waals surface area contributed by atoms with E-state index in [2.05, 4.69) is 10.3 Å². The molecule has 1 aromatic rings. The normalized spacial score (nSPS) is 12.4. The van der Waals surface area contributed by atoms with Crippen LogP contribution in [0.2, 0.25) is 0 Å². The summed E-state index contributed by atoms with van der Waals surface area (Å²) in [6.45, 7) is 4.01. The molecule has 6 heteroatoms. The van der Waals surface area contributed by atoms with Crippen molar-refractivity contribution in [3.63, 3.8) is 0 Å². The third-order valence-electron chi connectivity index (χ3n) is 2.58. The maximum Gasteiger partial charge on any atom is 0.225 e. The number of aromatic nitrogens is 1. The molecule has 96 valence electrons. The van der Waals surface area contributed by atoms with Gasteiger partial charge in [-0.3, -0.25) is 4.79 Å². The number of carbonyl (C=O) groups excluding carboxylic acids is 1. The molecule has 0 saturated carbocycles. The zero-order chi connectivity index (χ0) is 12.8. The smallest absolute Gasteiger partial charge is 0.225 e. The van der Waals surface area contributed by atoms with Crippen molar-refractivity contribution in [1.82, 2.24) is 10.3 Å². The van der Waals surface area contributed by atoms with Gasteiger partial charge in [-0.05, 0) is 32.0 Å². The highest BCUT2D eigenvalue weighted by Crippen LogP contribution is 2.15. The van der Waals surface area contributed by atoms with Crippen LogP contribution in [-0.2, 0) is 11.2 Å². The maximum absolute atomic E-state index is 11.8. The van der Waals surface area contributed by atoms with E-state index in [9.17, 15) is 4.79 Å². The number of carbonyl (C=O) groups is 1. The highest BCUT2D eigenvalue weighted by Gasteiger charge is 2.12. The Morgan fingerprint density at radius 3 is 2.82 bits per heavy atom. The minimum Gasteiger partial charge on any atom is -0.396 e. The average Bonchev–Trinajstić information content (AvgIpc) is 2.56. The highest BCUT2D eigenvalue weighted by molar-refractivity contribution is 7.73. The zero-order valence-corrected chi connectivity index (χ0v) is 11.7. The van der Waals surface area contributed by atoms with Gasteiger partial charge in [-0.25, -0.2) is 0 Å². The van der Waals surface area contributed by atoms with E-state index in [1.54, 1.807) is 0 Å². The maximum atomic E-state index is 11.8. The van der Waals surface area contributed by atoms with Gasteiger partial charge in [-0.15, -0.1) is 11.3 Å². The second-order valence-electron chi connectivity index (χ2n) is 3.92. The average molecular weight is 274 g/mol. The van der Waals surface area contributed by atoms with Gasteiger partial charge in [0.1, 0.15) is 0 Å². The second-order valence-corrected chi connectivity index (χ2v) is 5.70. The van der Waals surface area contributed by atoms with Gasteiger partial charge >= 0.3 is 0 Å². The number of amides is 1. The van der Waals surface area contributed by atoms with Crippen molar-refractivity contribution >= 4 is 29.5 Å². The Labute approximate surface area is 110 Å². The van der Waals surface area contributed by atoms with Crippen molar-refractivity contribution in [2.75, 3.05) is 6.61 Å². The molecule has 0 bridgehead atoms. The Bertz CT molecular complexity index is 425. The number of hydrogen-bond donors (Lipinski definition) is 3. The van der Waals surface area contributed by atoms with Gasteiger partial charge in [-0.2, -0.15) is 0 Å². The van der Waals surface area contributed by atoms with Crippen molar-refractivity contribution in [3.8, 4) is 0 Å². The lowest BCUT2D eigenvalue weighted by Gasteiger charge is -2.15. The first kappa shape index (κ1) is 14.3. The van der Waals surface area contributed by atoms with Crippen LogP contribution in [0.15, 0.2) is 0 Å². The SMILES string of the molecule is CCC(CCO)NC(=O)Cc1sc(=S)[nH]c1C. The van der Waals surface area contributed by atoms with Crippen LogP contribution >= 0.6 is 23.6 Å². The third kappa shape index (κ3) is 4.57. The molecule has 0 aliphatic carbocycles. The molecule has 0 aromatic carbocycles. The number of H-pyrrole nitrogens is 1. The molecule has 1 atom stereocenters. The van der Waals surface area contributed by atoms with Crippen LogP contribution < -0.4 is 5.32 Å². The number of aromatic amines is 1. The molecule has 1 amide bonds. The van der Waals surface area contributed by atoms with Crippen LogP contribution in [0.3, 0.4) is 0 Å². The van der Waals surface area contributed by atoms with E-state index >= 15 is 0 Å². The highest BCUT2D eigenvalue weighted by atomic mass is 32.1. The molecule has 0 radical (unpaired) electrons. The van der Waals surface area contributed by atoms with Crippen molar-refractivity contribution in [2.24, 2.45) is 0 Å². The lowest BCUT2D eigenvalue weighted by atomic mass is 10.1. The number of aliphatic hydroxyl groups is 1. The van der Waals surface area contributed by atoms with E-state index in [1.807, 2.05) is 13.8 Å². The quantitative estimate of drug-likeness (QED) is 0.695. The number of nitrogens with one attached hydrogen (secondary N) is 2. The van der Waals surface area contributed by atoms with E-state index in [0.29, 0.717) is 16.8 Å². The predicted octanol–water partition coefficient (Wildman–Crippen LogP) is 1.93. The summed E-state index contributed by atoms with van der Waals surface area (Å²) in [5.41, 5.74) is 0.963. The number of aryl methyl sites for hydroxylation is 1. The molecule has 1 unspecified atom stereocenters. The molecular weight excluding hydrogens is 256 g/mol. The molecule has 0 aliphatic heterocycles. The Morgan fingerprint density at radius 2 is 2.35 bits per heavy atom. The van der Waals surface area contributed by atoms with Crippen molar-refractivity contribution < 1.29 is 9.90 Å². The van der Waals surface area contributed by atoms with Crippen LogP contribution in [0.25, 0.3) is 0 Å². The molecule has 4 nitrogen and oxygen atoms in total. The predicted molar refractivity (Wildman–Crippen MR) is 71.9 cm³/mol. The minimum absolute atomic E-state index is 0.0151. The number of thiazole rings is 1. The Kier molecular flexibility index (Phi) is 5.80. The Morgan fingerprint density at radius 1 is 1.65 bits per heavy atom. The first-order valence-corrected chi connectivity index (χ1v) is 6.88. The largest absolute Gasteiger partial charge is 0.396 e. The fourth-order valence-corrected chi connectivity index (χ4v) is 2.85. The van der Waals surface area contributed by atoms with Crippen LogP contribution in [-0.4, -0.2) is 28.6 Å². The van der Waals surface area contributed by atoms with Crippen molar-refractivity contribution in [1.29, 1.82) is 0 Å². The molecule has 17 heavy (non-hydrogen) atoms. The van der Waals surface area contributed by atoms with Gasteiger partial charge in [0.25, 0.3) is 0 Å². The first-order chi connectivity index (χ1) is 8.06. The van der Waals surface area contributed by atoms with E-state index < -0.39 is 0 Å². The fourth-order valence-electron chi connectivity index (χ4n) is 1.56.